The zero-order valence-electron chi connectivity index (χ0n) is 11.3. The molecule has 1 aliphatic heterocycles. The second-order valence-corrected chi connectivity index (χ2v) is 5.16. The molecule has 2 nitrogen and oxygen atoms in total. The highest BCUT2D eigenvalue weighted by atomic mass is 19.4. The minimum Gasteiger partial charge on any atom is -0.350 e. The molecule has 2 heterocycles. The van der Waals surface area contributed by atoms with Gasteiger partial charge in [0.1, 0.15) is 5.82 Å². The predicted molar refractivity (Wildman–Crippen MR) is 75.0 cm³/mol. The number of benzene rings is 1. The van der Waals surface area contributed by atoms with E-state index in [2.05, 4.69) is 4.98 Å². The van der Waals surface area contributed by atoms with Crippen LogP contribution in [0.25, 0.3) is 0 Å². The van der Waals surface area contributed by atoms with E-state index in [0.29, 0.717) is 5.82 Å². The Kier molecular flexibility index (Phi) is 3.57. The third-order valence-corrected chi connectivity index (χ3v) is 3.80. The van der Waals surface area contributed by atoms with Crippen molar-refractivity contribution in [3.63, 3.8) is 0 Å². The molecule has 3 rings (SSSR count). The first-order valence-electron chi connectivity index (χ1n) is 6.90. The molecule has 0 spiro atoms. The molecule has 1 fully saturated rings. The molecule has 0 bridgehead atoms. The Labute approximate surface area is 121 Å². The molecule has 0 aliphatic carbocycles. The van der Waals surface area contributed by atoms with E-state index >= 15 is 0 Å². The fourth-order valence-electron chi connectivity index (χ4n) is 2.81. The molecule has 5 heteroatoms. The van der Waals surface area contributed by atoms with Gasteiger partial charge < -0.3 is 4.90 Å². The molecule has 1 atom stereocenters. The maximum absolute atomic E-state index is 12.8. The van der Waals surface area contributed by atoms with Gasteiger partial charge in [0.25, 0.3) is 0 Å². The van der Waals surface area contributed by atoms with Crippen LogP contribution in [0.5, 0.6) is 0 Å². The van der Waals surface area contributed by atoms with E-state index < -0.39 is 11.7 Å². The zero-order chi connectivity index (χ0) is 14.9. The van der Waals surface area contributed by atoms with Gasteiger partial charge in [0.05, 0.1) is 11.6 Å². The molecule has 110 valence electrons. The summed E-state index contributed by atoms with van der Waals surface area (Å²) in [7, 11) is 0. The van der Waals surface area contributed by atoms with Crippen molar-refractivity contribution in [1.82, 2.24) is 4.98 Å². The molecule has 1 unspecified atom stereocenters. The second kappa shape index (κ2) is 5.39. The van der Waals surface area contributed by atoms with Crippen LogP contribution in [-0.4, -0.2) is 11.5 Å². The first-order valence-corrected chi connectivity index (χ1v) is 6.90. The van der Waals surface area contributed by atoms with Gasteiger partial charge in [0, 0.05) is 12.7 Å². The van der Waals surface area contributed by atoms with Gasteiger partial charge in [-0.3, -0.25) is 0 Å². The van der Waals surface area contributed by atoms with Gasteiger partial charge in [0.15, 0.2) is 0 Å². The molecule has 1 saturated heterocycles. The Bertz CT molecular complexity index is 610. The van der Waals surface area contributed by atoms with E-state index in [9.17, 15) is 13.2 Å². The quantitative estimate of drug-likeness (QED) is 0.813. The molecule has 1 aromatic heterocycles. The third-order valence-electron chi connectivity index (χ3n) is 3.80. The summed E-state index contributed by atoms with van der Waals surface area (Å²) in [6.45, 7) is 0.730. The summed E-state index contributed by atoms with van der Waals surface area (Å²) in [5.41, 5.74) is 0.473. The van der Waals surface area contributed by atoms with Gasteiger partial charge in [-0.15, -0.1) is 0 Å². The lowest BCUT2D eigenvalue weighted by Crippen LogP contribution is -2.24. The van der Waals surface area contributed by atoms with Crippen LogP contribution in [0.2, 0.25) is 0 Å². The van der Waals surface area contributed by atoms with Crippen molar-refractivity contribution in [3.8, 4) is 0 Å². The summed E-state index contributed by atoms with van der Waals surface area (Å²) in [6.07, 6.45) is -1.21. The van der Waals surface area contributed by atoms with Gasteiger partial charge in [0.2, 0.25) is 0 Å². The Morgan fingerprint density at radius 2 is 1.86 bits per heavy atom. The molecule has 0 radical (unpaired) electrons. The molecule has 0 N–H and O–H groups in total. The predicted octanol–water partition coefficient (Wildman–Crippen LogP) is 4.44. The van der Waals surface area contributed by atoms with Crippen LogP contribution in [-0.2, 0) is 6.18 Å². The fourth-order valence-corrected chi connectivity index (χ4v) is 2.81. The third kappa shape index (κ3) is 2.86. The summed E-state index contributed by atoms with van der Waals surface area (Å²) in [6, 6.07) is 12.1. The van der Waals surface area contributed by atoms with Crippen molar-refractivity contribution in [1.29, 1.82) is 0 Å². The van der Waals surface area contributed by atoms with Crippen LogP contribution in [0, 0.1) is 0 Å². The lowest BCUT2D eigenvalue weighted by atomic mass is 10.0. The average molecular weight is 292 g/mol. The summed E-state index contributed by atoms with van der Waals surface area (Å²) < 4.78 is 38.5. The number of alkyl halides is 3. The van der Waals surface area contributed by atoms with Crippen molar-refractivity contribution in [2.75, 3.05) is 11.4 Å². The maximum atomic E-state index is 12.8. The van der Waals surface area contributed by atoms with Gasteiger partial charge in [-0.1, -0.05) is 30.3 Å². The monoisotopic (exact) mass is 292 g/mol. The fraction of sp³-hybridized carbons (Fsp3) is 0.312. The first-order chi connectivity index (χ1) is 10.1. The van der Waals surface area contributed by atoms with E-state index in [1.54, 1.807) is 0 Å². The van der Waals surface area contributed by atoms with Crippen LogP contribution >= 0.6 is 0 Å². The average Bonchev–Trinajstić information content (AvgIpc) is 2.97. The van der Waals surface area contributed by atoms with Crippen molar-refractivity contribution in [2.24, 2.45) is 0 Å². The number of rotatable bonds is 2. The van der Waals surface area contributed by atoms with Crippen LogP contribution in [0.3, 0.4) is 0 Å². The zero-order valence-corrected chi connectivity index (χ0v) is 11.3. The van der Waals surface area contributed by atoms with E-state index in [-0.39, 0.29) is 6.04 Å². The topological polar surface area (TPSA) is 16.1 Å². The first kappa shape index (κ1) is 13.9. The Hall–Kier alpha value is -2.04. The molecule has 1 aromatic carbocycles. The van der Waals surface area contributed by atoms with Crippen molar-refractivity contribution >= 4 is 5.82 Å². The number of nitrogens with zero attached hydrogens (tertiary/aromatic N) is 2. The molecular weight excluding hydrogens is 277 g/mol. The minimum absolute atomic E-state index is 0.0992. The second-order valence-electron chi connectivity index (χ2n) is 5.16. The molecule has 21 heavy (non-hydrogen) atoms. The van der Waals surface area contributed by atoms with E-state index in [4.69, 9.17) is 0 Å². The maximum Gasteiger partial charge on any atom is 0.416 e. The lowest BCUT2D eigenvalue weighted by Gasteiger charge is -2.26. The van der Waals surface area contributed by atoms with Crippen LogP contribution in [0.4, 0.5) is 19.0 Å². The highest BCUT2D eigenvalue weighted by Crippen LogP contribution is 2.37. The molecule has 0 amide bonds. The normalized spacial score (nSPS) is 19.0. The largest absolute Gasteiger partial charge is 0.416 e. The summed E-state index contributed by atoms with van der Waals surface area (Å²) in [5, 5.41) is 0. The van der Waals surface area contributed by atoms with Gasteiger partial charge in [-0.2, -0.15) is 13.2 Å². The van der Waals surface area contributed by atoms with Gasteiger partial charge in [-0.25, -0.2) is 4.98 Å². The highest BCUT2D eigenvalue weighted by Gasteiger charge is 2.33. The lowest BCUT2D eigenvalue weighted by molar-refractivity contribution is -0.137. The molecule has 1 aliphatic rings. The van der Waals surface area contributed by atoms with Crippen LogP contribution in [0.1, 0.15) is 30.0 Å². The number of pyridine rings is 1. The molecule has 0 saturated carbocycles. The molecule has 2 aromatic rings. The van der Waals surface area contributed by atoms with Crippen molar-refractivity contribution in [3.05, 3.63) is 59.8 Å². The van der Waals surface area contributed by atoms with E-state index in [1.807, 2.05) is 35.2 Å². The van der Waals surface area contributed by atoms with Gasteiger partial charge >= 0.3 is 6.18 Å². The van der Waals surface area contributed by atoms with Gasteiger partial charge in [-0.05, 0) is 30.5 Å². The number of aromatic nitrogens is 1. The Morgan fingerprint density at radius 3 is 2.57 bits per heavy atom. The minimum atomic E-state index is -4.33. The number of hydrogen-bond acceptors (Lipinski definition) is 2. The number of anilines is 1. The Balaban J connectivity index is 1.93. The van der Waals surface area contributed by atoms with E-state index in [0.717, 1.165) is 37.1 Å². The summed E-state index contributed by atoms with van der Waals surface area (Å²) in [4.78, 5) is 6.10. The Morgan fingerprint density at radius 1 is 1.10 bits per heavy atom. The smallest absolute Gasteiger partial charge is 0.350 e. The number of halogens is 3. The van der Waals surface area contributed by atoms with E-state index in [1.165, 1.54) is 6.20 Å². The summed E-state index contributed by atoms with van der Waals surface area (Å²) >= 11 is 0. The summed E-state index contributed by atoms with van der Waals surface area (Å²) in [5.74, 6) is 0.399. The van der Waals surface area contributed by atoms with Crippen LogP contribution in [0.15, 0.2) is 48.7 Å². The SMILES string of the molecule is FC(F)(F)c1ccnc(N2CCCC2c2ccccc2)c1. The standard InChI is InChI=1S/C16H15F3N2/c17-16(18,19)13-8-9-20-15(11-13)21-10-4-7-14(21)12-5-2-1-3-6-12/h1-3,5-6,8-9,11,14H,4,7,10H2. The van der Waals surface area contributed by atoms with Crippen molar-refractivity contribution < 1.29 is 13.2 Å². The van der Waals surface area contributed by atoms with Crippen molar-refractivity contribution in [2.45, 2.75) is 25.1 Å². The number of hydrogen-bond donors (Lipinski definition) is 0. The molecular formula is C16H15F3N2. The van der Waals surface area contributed by atoms with Crippen LogP contribution < -0.4 is 4.90 Å². The highest BCUT2D eigenvalue weighted by molar-refractivity contribution is 5.46.